The molecule has 2 aromatic rings. The molecular weight excluding hydrogens is 327 g/mol. The SMILES string of the molecule is [Br-].c1ccc(C[P+]2(c3ccccc3)CCCCC2)cc1. The van der Waals surface area contributed by atoms with Crippen LogP contribution in [-0.4, -0.2) is 12.3 Å². The molecular formula is C18H22BrP. The van der Waals surface area contributed by atoms with Gasteiger partial charge in [-0.25, -0.2) is 0 Å². The Morgan fingerprint density at radius 1 is 0.700 bits per heavy atom. The minimum absolute atomic E-state index is 0. The zero-order valence-corrected chi connectivity index (χ0v) is 14.3. The lowest BCUT2D eigenvalue weighted by molar-refractivity contribution is -0.00000388. The zero-order chi connectivity index (χ0) is 13.0. The van der Waals surface area contributed by atoms with Crippen LogP contribution in [0.2, 0.25) is 0 Å². The summed E-state index contributed by atoms with van der Waals surface area (Å²) in [6, 6.07) is 22.4. The summed E-state index contributed by atoms with van der Waals surface area (Å²) in [6.45, 7) is 0. The van der Waals surface area contributed by atoms with Gasteiger partial charge < -0.3 is 17.0 Å². The van der Waals surface area contributed by atoms with Crippen LogP contribution in [0.25, 0.3) is 0 Å². The maximum absolute atomic E-state index is 2.38. The van der Waals surface area contributed by atoms with Gasteiger partial charge in [0.15, 0.2) is 0 Å². The van der Waals surface area contributed by atoms with Crippen molar-refractivity contribution in [2.24, 2.45) is 0 Å². The third-order valence-corrected chi connectivity index (χ3v) is 9.01. The third kappa shape index (κ3) is 3.51. The molecule has 20 heavy (non-hydrogen) atoms. The Kier molecular flexibility index (Phi) is 5.81. The highest BCUT2D eigenvalue weighted by molar-refractivity contribution is 7.82. The fourth-order valence-electron chi connectivity index (χ4n) is 3.30. The molecule has 0 spiro atoms. The quantitative estimate of drug-likeness (QED) is 0.741. The van der Waals surface area contributed by atoms with Gasteiger partial charge >= 0.3 is 0 Å². The van der Waals surface area contributed by atoms with Crippen molar-refractivity contribution < 1.29 is 17.0 Å². The van der Waals surface area contributed by atoms with Crippen LogP contribution in [0.4, 0.5) is 0 Å². The smallest absolute Gasteiger partial charge is 0.0943 e. The van der Waals surface area contributed by atoms with Gasteiger partial charge in [0.2, 0.25) is 0 Å². The molecule has 0 nitrogen and oxygen atoms in total. The van der Waals surface area contributed by atoms with Crippen LogP contribution in [-0.2, 0) is 6.16 Å². The molecule has 0 radical (unpaired) electrons. The van der Waals surface area contributed by atoms with E-state index in [4.69, 9.17) is 0 Å². The normalized spacial score (nSPS) is 17.2. The molecule has 0 saturated carbocycles. The van der Waals surface area contributed by atoms with Crippen molar-refractivity contribution in [3.8, 4) is 0 Å². The van der Waals surface area contributed by atoms with Crippen molar-refractivity contribution in [1.29, 1.82) is 0 Å². The van der Waals surface area contributed by atoms with Crippen molar-refractivity contribution in [2.75, 3.05) is 12.3 Å². The van der Waals surface area contributed by atoms with Gasteiger partial charge in [-0.3, -0.25) is 0 Å². The third-order valence-electron chi connectivity index (χ3n) is 4.30. The lowest BCUT2D eigenvalue weighted by Crippen LogP contribution is -3.00. The molecule has 1 aliphatic rings. The van der Waals surface area contributed by atoms with Gasteiger partial charge in [-0.1, -0.05) is 48.5 Å². The molecule has 0 bridgehead atoms. The molecule has 0 unspecified atom stereocenters. The monoisotopic (exact) mass is 348 g/mol. The van der Waals surface area contributed by atoms with Crippen LogP contribution >= 0.6 is 7.26 Å². The second kappa shape index (κ2) is 7.38. The second-order valence-electron chi connectivity index (χ2n) is 5.63. The van der Waals surface area contributed by atoms with Crippen molar-refractivity contribution in [3.05, 3.63) is 66.2 Å². The molecule has 0 aromatic heterocycles. The predicted octanol–water partition coefficient (Wildman–Crippen LogP) is 1.72. The molecule has 3 rings (SSSR count). The van der Waals surface area contributed by atoms with E-state index in [1.807, 2.05) is 0 Å². The highest BCUT2D eigenvalue weighted by Gasteiger charge is 2.41. The van der Waals surface area contributed by atoms with Crippen molar-refractivity contribution in [3.63, 3.8) is 0 Å². The summed E-state index contributed by atoms with van der Waals surface area (Å²) in [6.07, 6.45) is 8.49. The summed E-state index contributed by atoms with van der Waals surface area (Å²) in [4.78, 5) is 0. The first-order chi connectivity index (χ1) is 9.39. The molecule has 0 aliphatic carbocycles. The van der Waals surface area contributed by atoms with Crippen LogP contribution in [0.5, 0.6) is 0 Å². The minimum atomic E-state index is -0.965. The van der Waals surface area contributed by atoms with Crippen LogP contribution in [0, 0.1) is 0 Å². The first-order valence-electron chi connectivity index (χ1n) is 7.35. The molecule has 0 amide bonds. The Labute approximate surface area is 133 Å². The molecule has 1 saturated heterocycles. The molecule has 1 heterocycles. The van der Waals surface area contributed by atoms with Gasteiger partial charge in [0.25, 0.3) is 0 Å². The average Bonchev–Trinajstić information content (AvgIpc) is 2.50. The van der Waals surface area contributed by atoms with E-state index in [0.29, 0.717) is 0 Å². The lowest BCUT2D eigenvalue weighted by atomic mass is 10.2. The molecule has 106 valence electrons. The number of hydrogen-bond acceptors (Lipinski definition) is 0. The Hall–Kier alpha value is -0.650. The zero-order valence-electron chi connectivity index (χ0n) is 11.8. The first-order valence-corrected chi connectivity index (χ1v) is 9.69. The topological polar surface area (TPSA) is 0 Å². The summed E-state index contributed by atoms with van der Waals surface area (Å²) >= 11 is 0. The van der Waals surface area contributed by atoms with Crippen LogP contribution in [0.15, 0.2) is 60.7 Å². The van der Waals surface area contributed by atoms with Gasteiger partial charge in [-0.2, -0.15) is 0 Å². The van der Waals surface area contributed by atoms with E-state index in [1.165, 1.54) is 43.3 Å². The highest BCUT2D eigenvalue weighted by atomic mass is 79.9. The number of rotatable bonds is 3. The Balaban J connectivity index is 0.00000147. The summed E-state index contributed by atoms with van der Waals surface area (Å²) in [7, 11) is -0.965. The predicted molar refractivity (Wildman–Crippen MR) is 86.7 cm³/mol. The van der Waals surface area contributed by atoms with Crippen molar-refractivity contribution >= 4 is 12.6 Å². The largest absolute Gasteiger partial charge is 1.00 e. The first kappa shape index (κ1) is 15.7. The molecule has 2 heteroatoms. The number of halogens is 1. The Morgan fingerprint density at radius 3 is 1.85 bits per heavy atom. The summed E-state index contributed by atoms with van der Waals surface area (Å²) < 4.78 is 0. The molecule has 0 N–H and O–H groups in total. The fourth-order valence-corrected chi connectivity index (χ4v) is 7.91. The summed E-state index contributed by atoms with van der Waals surface area (Å²) in [5, 5.41) is 1.65. The van der Waals surface area contributed by atoms with Gasteiger partial charge in [-0.05, 0) is 37.0 Å². The Morgan fingerprint density at radius 2 is 1.25 bits per heavy atom. The number of benzene rings is 2. The van der Waals surface area contributed by atoms with Gasteiger partial charge in [0.1, 0.15) is 0 Å². The van der Waals surface area contributed by atoms with E-state index in [0.717, 1.165) is 0 Å². The van der Waals surface area contributed by atoms with Crippen molar-refractivity contribution in [2.45, 2.75) is 25.4 Å². The minimum Gasteiger partial charge on any atom is -1.00 e. The van der Waals surface area contributed by atoms with Gasteiger partial charge in [0.05, 0.1) is 31.1 Å². The maximum Gasteiger partial charge on any atom is 0.0943 e. The summed E-state index contributed by atoms with van der Waals surface area (Å²) in [5.41, 5.74) is 1.53. The Bertz CT molecular complexity index is 503. The van der Waals surface area contributed by atoms with Crippen LogP contribution < -0.4 is 22.3 Å². The van der Waals surface area contributed by atoms with E-state index < -0.39 is 7.26 Å². The van der Waals surface area contributed by atoms with E-state index in [1.54, 1.807) is 5.30 Å². The standard InChI is InChI=1S/C18H22P.BrH/c1-4-10-17(11-5-1)16-19(14-8-3-9-15-19)18-12-6-2-7-13-18;/h1-2,4-7,10-13H,3,8-9,14-16H2;1H/q+1;/p-1. The highest BCUT2D eigenvalue weighted by Crippen LogP contribution is 2.63. The molecule has 1 fully saturated rings. The fraction of sp³-hybridized carbons (Fsp3) is 0.333. The molecule has 1 aliphatic heterocycles. The van der Waals surface area contributed by atoms with E-state index in [9.17, 15) is 0 Å². The van der Waals surface area contributed by atoms with Gasteiger partial charge in [0, 0.05) is 0 Å². The van der Waals surface area contributed by atoms with Crippen LogP contribution in [0.1, 0.15) is 24.8 Å². The summed E-state index contributed by atoms with van der Waals surface area (Å²) in [5.74, 6) is 0. The second-order valence-corrected chi connectivity index (χ2v) is 9.65. The van der Waals surface area contributed by atoms with E-state index in [2.05, 4.69) is 60.7 Å². The van der Waals surface area contributed by atoms with Crippen LogP contribution in [0.3, 0.4) is 0 Å². The lowest BCUT2D eigenvalue weighted by Gasteiger charge is -2.31. The van der Waals surface area contributed by atoms with Crippen molar-refractivity contribution in [1.82, 2.24) is 0 Å². The maximum atomic E-state index is 2.38. The van der Waals surface area contributed by atoms with Gasteiger partial charge in [-0.15, -0.1) is 0 Å². The average molecular weight is 349 g/mol. The molecule has 0 atom stereocenters. The number of hydrogen-bond donors (Lipinski definition) is 0. The van der Waals surface area contributed by atoms with E-state index >= 15 is 0 Å². The van der Waals surface area contributed by atoms with E-state index in [-0.39, 0.29) is 17.0 Å². The molecule has 2 aromatic carbocycles.